The van der Waals surface area contributed by atoms with Crippen molar-refractivity contribution in [3.05, 3.63) is 28.8 Å². The van der Waals surface area contributed by atoms with E-state index < -0.39 is 16.1 Å². The first-order valence-electron chi connectivity index (χ1n) is 7.81. The molecule has 0 bridgehead atoms. The van der Waals surface area contributed by atoms with Crippen LogP contribution in [-0.2, 0) is 10.0 Å². The first-order chi connectivity index (χ1) is 10.3. The number of hydrogen-bond acceptors (Lipinski definition) is 3. The molecule has 0 aromatic heterocycles. The quantitative estimate of drug-likeness (QED) is 0.741. The summed E-state index contributed by atoms with van der Waals surface area (Å²) in [4.78, 5) is 0.298. The number of sulfonamides is 1. The molecule has 0 heterocycles. The number of aryl methyl sites for hydroxylation is 3. The third-order valence-corrected chi connectivity index (χ3v) is 5.45. The summed E-state index contributed by atoms with van der Waals surface area (Å²) in [6, 6.07) is 5.10. The van der Waals surface area contributed by atoms with Gasteiger partial charge in [0, 0.05) is 0 Å². The molecule has 122 valence electrons. The largest absolute Gasteiger partial charge is 0.242 e. The Morgan fingerprint density at radius 3 is 2.23 bits per heavy atom. The van der Waals surface area contributed by atoms with E-state index in [-0.39, 0.29) is 0 Å². The van der Waals surface area contributed by atoms with Crippen molar-refractivity contribution in [3.63, 3.8) is 0 Å². The second kappa shape index (κ2) is 8.30. The summed E-state index contributed by atoms with van der Waals surface area (Å²) in [5.74, 6) is 0. The monoisotopic (exact) mass is 322 g/mol. The molecule has 1 N–H and O–H groups in total. The zero-order valence-corrected chi connectivity index (χ0v) is 14.8. The molecule has 0 aliphatic rings. The molecule has 0 aliphatic heterocycles. The van der Waals surface area contributed by atoms with Gasteiger partial charge in [-0.2, -0.15) is 9.98 Å². The molecule has 1 unspecified atom stereocenters. The van der Waals surface area contributed by atoms with Crippen molar-refractivity contribution >= 4 is 10.0 Å². The lowest BCUT2D eigenvalue weighted by atomic mass is 10.1. The number of rotatable bonds is 8. The average molecular weight is 322 g/mol. The molecule has 0 amide bonds. The van der Waals surface area contributed by atoms with Gasteiger partial charge in [-0.15, -0.1) is 0 Å². The lowest BCUT2D eigenvalue weighted by Crippen LogP contribution is -2.34. The van der Waals surface area contributed by atoms with E-state index in [9.17, 15) is 13.7 Å². The van der Waals surface area contributed by atoms with Crippen LogP contribution in [0.15, 0.2) is 17.0 Å². The van der Waals surface area contributed by atoms with Crippen LogP contribution in [0, 0.1) is 32.1 Å². The molecular formula is C17H26N2O2S. The first kappa shape index (κ1) is 18.7. The van der Waals surface area contributed by atoms with Crippen molar-refractivity contribution in [3.8, 4) is 6.07 Å². The second-order valence-corrected chi connectivity index (χ2v) is 7.53. The zero-order chi connectivity index (χ0) is 16.8. The molecule has 0 radical (unpaired) electrons. The molecular weight excluding hydrogens is 296 g/mol. The summed E-state index contributed by atoms with van der Waals surface area (Å²) in [6.07, 6.45) is 4.67. The highest BCUT2D eigenvalue weighted by Crippen LogP contribution is 2.22. The number of hydrogen-bond donors (Lipinski definition) is 1. The summed E-state index contributed by atoms with van der Waals surface area (Å²) >= 11 is 0. The molecule has 5 heteroatoms. The SMILES string of the molecule is CCCCCCC(C#N)NS(=O)(=O)c1c(C)cc(C)cc1C. The van der Waals surface area contributed by atoms with Gasteiger partial charge in [0.2, 0.25) is 10.0 Å². The molecule has 1 aromatic carbocycles. The Kier molecular flexibility index (Phi) is 7.05. The minimum absolute atomic E-state index is 0.298. The lowest BCUT2D eigenvalue weighted by molar-refractivity contribution is 0.545. The number of nitriles is 1. The van der Waals surface area contributed by atoms with E-state index in [0.29, 0.717) is 22.4 Å². The fourth-order valence-electron chi connectivity index (χ4n) is 2.76. The number of unbranched alkanes of at least 4 members (excludes halogenated alkanes) is 3. The summed E-state index contributed by atoms with van der Waals surface area (Å²) in [5.41, 5.74) is 2.46. The van der Waals surface area contributed by atoms with Crippen LogP contribution in [0.3, 0.4) is 0 Å². The van der Waals surface area contributed by atoms with Gasteiger partial charge in [0.05, 0.1) is 11.0 Å². The Hall–Kier alpha value is -1.38. The molecule has 1 rings (SSSR count). The molecule has 0 aliphatic carbocycles. The maximum atomic E-state index is 12.6. The van der Waals surface area contributed by atoms with Crippen LogP contribution in [0.4, 0.5) is 0 Å². The van der Waals surface area contributed by atoms with Gasteiger partial charge in [-0.3, -0.25) is 0 Å². The van der Waals surface area contributed by atoms with Crippen molar-refractivity contribution in [1.82, 2.24) is 4.72 Å². The fourth-order valence-corrected chi connectivity index (χ4v) is 4.39. The Labute approximate surface area is 134 Å². The highest BCUT2D eigenvalue weighted by atomic mass is 32.2. The molecule has 22 heavy (non-hydrogen) atoms. The highest BCUT2D eigenvalue weighted by Gasteiger charge is 2.23. The van der Waals surface area contributed by atoms with Crippen LogP contribution >= 0.6 is 0 Å². The van der Waals surface area contributed by atoms with Gasteiger partial charge >= 0.3 is 0 Å². The summed E-state index contributed by atoms with van der Waals surface area (Å²) in [5, 5.41) is 9.20. The molecule has 4 nitrogen and oxygen atoms in total. The van der Waals surface area contributed by atoms with E-state index in [1.165, 1.54) is 0 Å². The first-order valence-corrected chi connectivity index (χ1v) is 9.30. The lowest BCUT2D eigenvalue weighted by Gasteiger charge is -2.16. The summed E-state index contributed by atoms with van der Waals surface area (Å²) < 4.78 is 27.7. The van der Waals surface area contributed by atoms with Crippen LogP contribution in [0.1, 0.15) is 55.7 Å². The van der Waals surface area contributed by atoms with E-state index in [1.54, 1.807) is 13.8 Å². The van der Waals surface area contributed by atoms with Crippen LogP contribution in [0.25, 0.3) is 0 Å². The van der Waals surface area contributed by atoms with Crippen molar-refractivity contribution in [1.29, 1.82) is 5.26 Å². The predicted molar refractivity (Wildman–Crippen MR) is 89.1 cm³/mol. The Morgan fingerprint density at radius 1 is 1.14 bits per heavy atom. The van der Waals surface area contributed by atoms with Crippen LogP contribution in [0.2, 0.25) is 0 Å². The second-order valence-electron chi connectivity index (χ2n) is 5.88. The average Bonchev–Trinajstić information content (AvgIpc) is 2.40. The smallest absolute Gasteiger partial charge is 0.207 e. The van der Waals surface area contributed by atoms with E-state index in [0.717, 1.165) is 31.2 Å². The van der Waals surface area contributed by atoms with Crippen molar-refractivity contribution < 1.29 is 8.42 Å². The maximum Gasteiger partial charge on any atom is 0.242 e. The summed E-state index contributed by atoms with van der Waals surface area (Å²) in [7, 11) is -3.66. The fraction of sp³-hybridized carbons (Fsp3) is 0.588. The van der Waals surface area contributed by atoms with E-state index >= 15 is 0 Å². The topological polar surface area (TPSA) is 70.0 Å². The predicted octanol–water partition coefficient (Wildman–Crippen LogP) is 3.75. The minimum Gasteiger partial charge on any atom is -0.207 e. The zero-order valence-electron chi connectivity index (χ0n) is 13.9. The minimum atomic E-state index is -3.66. The van der Waals surface area contributed by atoms with Crippen LogP contribution in [-0.4, -0.2) is 14.5 Å². The van der Waals surface area contributed by atoms with Gasteiger partial charge in [0.1, 0.15) is 6.04 Å². The molecule has 0 saturated carbocycles. The van der Waals surface area contributed by atoms with Crippen LogP contribution in [0.5, 0.6) is 0 Å². The number of nitrogens with one attached hydrogen (secondary N) is 1. The normalized spacial score (nSPS) is 12.9. The molecule has 0 fully saturated rings. The van der Waals surface area contributed by atoms with Gasteiger partial charge in [0.25, 0.3) is 0 Å². The standard InChI is InChI=1S/C17H26N2O2S/c1-5-6-7-8-9-16(12-18)19-22(20,21)17-14(3)10-13(2)11-15(17)4/h10-11,16,19H,5-9H2,1-4H3. The van der Waals surface area contributed by atoms with Gasteiger partial charge in [-0.05, 0) is 38.3 Å². The van der Waals surface area contributed by atoms with Gasteiger partial charge < -0.3 is 0 Å². The van der Waals surface area contributed by atoms with E-state index in [1.807, 2.05) is 19.1 Å². The molecule has 1 aromatic rings. The molecule has 1 atom stereocenters. The van der Waals surface area contributed by atoms with Crippen molar-refractivity contribution in [2.24, 2.45) is 0 Å². The Morgan fingerprint density at radius 2 is 1.73 bits per heavy atom. The Balaban J connectivity index is 2.89. The molecule has 0 spiro atoms. The van der Waals surface area contributed by atoms with Gasteiger partial charge in [-0.1, -0.05) is 50.3 Å². The Bertz CT molecular complexity index is 622. The maximum absolute atomic E-state index is 12.6. The van der Waals surface area contributed by atoms with Gasteiger partial charge in [-0.25, -0.2) is 8.42 Å². The van der Waals surface area contributed by atoms with Gasteiger partial charge in [0.15, 0.2) is 0 Å². The van der Waals surface area contributed by atoms with E-state index in [2.05, 4.69) is 17.7 Å². The third kappa shape index (κ3) is 5.11. The van der Waals surface area contributed by atoms with E-state index in [4.69, 9.17) is 0 Å². The summed E-state index contributed by atoms with van der Waals surface area (Å²) in [6.45, 7) is 7.64. The van der Waals surface area contributed by atoms with Crippen molar-refractivity contribution in [2.45, 2.75) is 70.7 Å². The number of benzene rings is 1. The van der Waals surface area contributed by atoms with Crippen molar-refractivity contribution in [2.75, 3.05) is 0 Å². The highest BCUT2D eigenvalue weighted by molar-refractivity contribution is 7.89. The third-order valence-electron chi connectivity index (χ3n) is 3.67. The van der Waals surface area contributed by atoms with Crippen LogP contribution < -0.4 is 4.72 Å². The molecule has 0 saturated heterocycles. The number of nitrogens with zero attached hydrogens (tertiary/aromatic N) is 1.